The monoisotopic (exact) mass is 247 g/mol. The standard InChI is InChI=1S/C10H10O.C4H9N.C2H6/c1-7-3-4-9-6-8(2)11-10(9)5-7;5-4-2-1-3-4;1-2/h3-6H,1-2H3;4H,1-3,5H2;1-2H3. The lowest BCUT2D eigenvalue weighted by atomic mass is 9.95. The Balaban J connectivity index is 0.000000195. The first-order valence-corrected chi connectivity index (χ1v) is 6.87. The van der Waals surface area contributed by atoms with Crippen molar-refractivity contribution in [1.82, 2.24) is 0 Å². The number of hydrogen-bond acceptors (Lipinski definition) is 2. The van der Waals surface area contributed by atoms with Crippen molar-refractivity contribution in [3.8, 4) is 0 Å². The maximum Gasteiger partial charge on any atom is 0.134 e. The van der Waals surface area contributed by atoms with E-state index in [-0.39, 0.29) is 0 Å². The van der Waals surface area contributed by atoms with Crippen LogP contribution in [-0.2, 0) is 0 Å². The van der Waals surface area contributed by atoms with Gasteiger partial charge in [0.05, 0.1) is 0 Å². The van der Waals surface area contributed by atoms with Crippen LogP contribution in [0.2, 0.25) is 0 Å². The Bertz CT molecular complexity index is 469. The van der Waals surface area contributed by atoms with Crippen molar-refractivity contribution in [2.75, 3.05) is 0 Å². The number of rotatable bonds is 0. The van der Waals surface area contributed by atoms with Crippen LogP contribution in [0.25, 0.3) is 11.0 Å². The largest absolute Gasteiger partial charge is 0.461 e. The van der Waals surface area contributed by atoms with Gasteiger partial charge in [-0.2, -0.15) is 0 Å². The Hall–Kier alpha value is -1.28. The van der Waals surface area contributed by atoms with Crippen LogP contribution >= 0.6 is 0 Å². The van der Waals surface area contributed by atoms with Gasteiger partial charge < -0.3 is 10.2 Å². The van der Waals surface area contributed by atoms with Crippen molar-refractivity contribution in [2.45, 2.75) is 53.0 Å². The minimum atomic E-state index is 0.565. The van der Waals surface area contributed by atoms with Gasteiger partial charge in [-0.25, -0.2) is 0 Å². The zero-order valence-corrected chi connectivity index (χ0v) is 12.0. The van der Waals surface area contributed by atoms with Gasteiger partial charge in [0, 0.05) is 11.4 Å². The second-order valence-electron chi connectivity index (χ2n) is 4.59. The van der Waals surface area contributed by atoms with Crippen molar-refractivity contribution < 1.29 is 4.42 Å². The number of benzene rings is 1. The predicted octanol–water partition coefficient (Wildman–Crippen LogP) is 4.57. The van der Waals surface area contributed by atoms with E-state index in [2.05, 4.69) is 31.2 Å². The van der Waals surface area contributed by atoms with Crippen LogP contribution in [0.5, 0.6) is 0 Å². The van der Waals surface area contributed by atoms with Crippen LogP contribution in [0.1, 0.15) is 44.4 Å². The molecule has 1 aromatic heterocycles. The molecule has 0 aliphatic heterocycles. The van der Waals surface area contributed by atoms with Crippen molar-refractivity contribution in [3.05, 3.63) is 35.6 Å². The highest BCUT2D eigenvalue weighted by Gasteiger charge is 2.09. The molecular formula is C16H25NO. The number of fused-ring (bicyclic) bond motifs is 1. The SMILES string of the molecule is CC.Cc1ccc2cc(C)oc2c1.NC1CCC1. The molecule has 0 unspecified atom stereocenters. The third-order valence-electron chi connectivity index (χ3n) is 2.95. The summed E-state index contributed by atoms with van der Waals surface area (Å²) in [6.45, 7) is 8.03. The number of hydrogen-bond donors (Lipinski definition) is 1. The highest BCUT2D eigenvalue weighted by atomic mass is 16.3. The predicted molar refractivity (Wildman–Crippen MR) is 78.9 cm³/mol. The third-order valence-corrected chi connectivity index (χ3v) is 2.95. The highest BCUT2D eigenvalue weighted by molar-refractivity contribution is 5.78. The molecule has 18 heavy (non-hydrogen) atoms. The maximum atomic E-state index is 5.45. The summed E-state index contributed by atoms with van der Waals surface area (Å²) in [5.74, 6) is 0.977. The molecule has 1 aliphatic rings. The minimum absolute atomic E-state index is 0.565. The van der Waals surface area contributed by atoms with Crippen LogP contribution in [0.3, 0.4) is 0 Å². The quantitative estimate of drug-likeness (QED) is 0.740. The van der Waals surface area contributed by atoms with Crippen molar-refractivity contribution in [2.24, 2.45) is 5.73 Å². The molecule has 0 bridgehead atoms. The van der Waals surface area contributed by atoms with Crippen molar-refractivity contribution in [1.29, 1.82) is 0 Å². The fraction of sp³-hybridized carbons (Fsp3) is 0.500. The van der Waals surface area contributed by atoms with Gasteiger partial charge in [0.1, 0.15) is 11.3 Å². The molecule has 2 heteroatoms. The molecule has 0 radical (unpaired) electrons. The van der Waals surface area contributed by atoms with Gasteiger partial charge in [-0.3, -0.25) is 0 Å². The van der Waals surface area contributed by atoms with Gasteiger partial charge in [0.15, 0.2) is 0 Å². The zero-order chi connectivity index (χ0) is 13.5. The summed E-state index contributed by atoms with van der Waals surface area (Å²) < 4.78 is 5.45. The summed E-state index contributed by atoms with van der Waals surface area (Å²) in [6, 6.07) is 8.85. The summed E-state index contributed by atoms with van der Waals surface area (Å²) in [6.07, 6.45) is 3.89. The fourth-order valence-electron chi connectivity index (χ4n) is 1.71. The van der Waals surface area contributed by atoms with E-state index in [0.29, 0.717) is 6.04 Å². The van der Waals surface area contributed by atoms with Gasteiger partial charge in [-0.05, 0) is 44.4 Å². The van der Waals surface area contributed by atoms with E-state index >= 15 is 0 Å². The first kappa shape index (κ1) is 14.8. The number of aryl methyl sites for hydroxylation is 2. The van der Waals surface area contributed by atoms with E-state index in [1.165, 1.54) is 30.2 Å². The van der Waals surface area contributed by atoms with Gasteiger partial charge in [0.2, 0.25) is 0 Å². The average molecular weight is 247 g/mol. The fourth-order valence-corrected chi connectivity index (χ4v) is 1.71. The van der Waals surface area contributed by atoms with E-state index in [1.807, 2.05) is 20.8 Å². The maximum absolute atomic E-state index is 5.45. The lowest BCUT2D eigenvalue weighted by Crippen LogP contribution is -2.27. The molecule has 1 fully saturated rings. The molecule has 0 amide bonds. The van der Waals surface area contributed by atoms with E-state index in [0.717, 1.165) is 11.3 Å². The Morgan fingerprint density at radius 3 is 2.22 bits per heavy atom. The molecule has 1 aliphatic carbocycles. The molecule has 1 heterocycles. The second-order valence-corrected chi connectivity index (χ2v) is 4.59. The summed E-state index contributed by atoms with van der Waals surface area (Å²) in [7, 11) is 0. The molecule has 2 N–H and O–H groups in total. The van der Waals surface area contributed by atoms with E-state index in [1.54, 1.807) is 0 Å². The Morgan fingerprint density at radius 2 is 1.72 bits per heavy atom. The summed E-state index contributed by atoms with van der Waals surface area (Å²) >= 11 is 0. The summed E-state index contributed by atoms with van der Waals surface area (Å²) in [5, 5.41) is 1.19. The molecule has 3 rings (SSSR count). The first-order chi connectivity index (χ1) is 8.65. The zero-order valence-electron chi connectivity index (χ0n) is 12.0. The average Bonchev–Trinajstić information content (AvgIpc) is 2.69. The topological polar surface area (TPSA) is 39.2 Å². The van der Waals surface area contributed by atoms with Gasteiger partial charge in [0.25, 0.3) is 0 Å². The lowest BCUT2D eigenvalue weighted by molar-refractivity contribution is 0.418. The van der Waals surface area contributed by atoms with Gasteiger partial charge in [-0.15, -0.1) is 0 Å². The van der Waals surface area contributed by atoms with Crippen molar-refractivity contribution >= 4 is 11.0 Å². The third kappa shape index (κ3) is 4.19. The molecule has 1 aromatic carbocycles. The highest BCUT2D eigenvalue weighted by Crippen LogP contribution is 2.19. The molecule has 2 aromatic rings. The van der Waals surface area contributed by atoms with E-state index in [4.69, 9.17) is 10.2 Å². The normalized spacial score (nSPS) is 14.1. The van der Waals surface area contributed by atoms with E-state index in [9.17, 15) is 0 Å². The van der Waals surface area contributed by atoms with Crippen LogP contribution in [-0.4, -0.2) is 6.04 Å². The minimum Gasteiger partial charge on any atom is -0.461 e. The van der Waals surface area contributed by atoms with Crippen LogP contribution in [0.15, 0.2) is 28.7 Å². The summed E-state index contributed by atoms with van der Waals surface area (Å²) in [4.78, 5) is 0. The van der Waals surface area contributed by atoms with Crippen LogP contribution < -0.4 is 5.73 Å². The Morgan fingerprint density at radius 1 is 1.11 bits per heavy atom. The molecule has 0 atom stereocenters. The molecular weight excluding hydrogens is 222 g/mol. The van der Waals surface area contributed by atoms with Crippen LogP contribution in [0.4, 0.5) is 0 Å². The number of furan rings is 1. The molecule has 0 spiro atoms. The van der Waals surface area contributed by atoms with Crippen LogP contribution in [0, 0.1) is 13.8 Å². The Kier molecular flexibility index (Phi) is 5.93. The molecule has 2 nitrogen and oxygen atoms in total. The Labute approximate surface area is 110 Å². The van der Waals surface area contributed by atoms with E-state index < -0.39 is 0 Å². The smallest absolute Gasteiger partial charge is 0.134 e. The molecule has 0 saturated heterocycles. The second kappa shape index (κ2) is 7.22. The van der Waals surface area contributed by atoms with Crippen molar-refractivity contribution in [3.63, 3.8) is 0 Å². The van der Waals surface area contributed by atoms with Gasteiger partial charge in [-0.1, -0.05) is 32.4 Å². The molecule has 1 saturated carbocycles. The first-order valence-electron chi connectivity index (χ1n) is 6.87. The number of nitrogens with two attached hydrogens (primary N) is 1. The van der Waals surface area contributed by atoms with Gasteiger partial charge >= 0.3 is 0 Å². The lowest BCUT2D eigenvalue weighted by Gasteiger charge is -2.18. The molecule has 100 valence electrons. The summed E-state index contributed by atoms with van der Waals surface area (Å²) in [5.41, 5.74) is 7.61.